The van der Waals surface area contributed by atoms with E-state index < -0.39 is 0 Å². The Balaban J connectivity index is 2.34. The number of hydrogen-bond donors (Lipinski definition) is 2. The Morgan fingerprint density at radius 1 is 1.05 bits per heavy atom. The number of carbonyl (C=O) groups is 1. The molecule has 0 heterocycles. The molecule has 0 saturated carbocycles. The number of halogens is 1. The first-order valence-corrected chi connectivity index (χ1v) is 6.34. The molecule has 0 aliphatic heterocycles. The lowest BCUT2D eigenvalue weighted by Gasteiger charge is -2.14. The summed E-state index contributed by atoms with van der Waals surface area (Å²) in [5.74, 6) is -0.130. The average Bonchev–Trinajstić information content (AvgIpc) is 2.34. The predicted octanol–water partition coefficient (Wildman–Crippen LogP) is 4.35. The van der Waals surface area contributed by atoms with Gasteiger partial charge < -0.3 is 10.6 Å². The molecule has 2 aromatic rings. The Hall–Kier alpha value is -2.00. The maximum Gasteiger partial charge on any atom is 0.221 e. The van der Waals surface area contributed by atoms with Crippen molar-refractivity contribution < 1.29 is 4.79 Å². The van der Waals surface area contributed by atoms with Gasteiger partial charge in [0.15, 0.2) is 0 Å². The van der Waals surface area contributed by atoms with Crippen LogP contribution in [0.25, 0.3) is 0 Å². The molecule has 1 amide bonds. The zero-order valence-corrected chi connectivity index (χ0v) is 11.6. The second-order valence-electron chi connectivity index (χ2n) is 4.31. The van der Waals surface area contributed by atoms with Gasteiger partial charge in [-0.05, 0) is 36.8 Å². The van der Waals surface area contributed by atoms with Gasteiger partial charge in [-0.2, -0.15) is 0 Å². The molecule has 0 fully saturated rings. The van der Waals surface area contributed by atoms with Gasteiger partial charge in [0.05, 0.1) is 11.4 Å². The van der Waals surface area contributed by atoms with Crippen LogP contribution < -0.4 is 10.6 Å². The van der Waals surface area contributed by atoms with Gasteiger partial charge in [0.25, 0.3) is 0 Å². The highest BCUT2D eigenvalue weighted by Crippen LogP contribution is 2.29. The van der Waals surface area contributed by atoms with Gasteiger partial charge in [-0.3, -0.25) is 4.79 Å². The minimum atomic E-state index is -0.130. The topological polar surface area (TPSA) is 41.1 Å². The number of anilines is 3. The van der Waals surface area contributed by atoms with Crippen molar-refractivity contribution in [3.05, 3.63) is 53.1 Å². The van der Waals surface area contributed by atoms with Crippen LogP contribution in [0.3, 0.4) is 0 Å². The maximum atomic E-state index is 11.2. The first kappa shape index (κ1) is 13.4. The molecule has 0 atom stereocenters. The van der Waals surface area contributed by atoms with Gasteiger partial charge in [0.1, 0.15) is 0 Å². The summed E-state index contributed by atoms with van der Waals surface area (Å²) in [6.07, 6.45) is 0. The SMILES string of the molecule is CC(=O)Nc1cc(Cl)ccc1Nc1ccccc1C. The van der Waals surface area contributed by atoms with E-state index in [1.165, 1.54) is 6.92 Å². The lowest BCUT2D eigenvalue weighted by atomic mass is 10.2. The van der Waals surface area contributed by atoms with Crippen molar-refractivity contribution in [1.82, 2.24) is 0 Å². The zero-order valence-electron chi connectivity index (χ0n) is 10.8. The Morgan fingerprint density at radius 2 is 1.79 bits per heavy atom. The van der Waals surface area contributed by atoms with Gasteiger partial charge in [-0.15, -0.1) is 0 Å². The van der Waals surface area contributed by atoms with Gasteiger partial charge in [-0.1, -0.05) is 29.8 Å². The summed E-state index contributed by atoms with van der Waals surface area (Å²) in [5.41, 5.74) is 3.61. The fraction of sp³-hybridized carbons (Fsp3) is 0.133. The number of benzene rings is 2. The van der Waals surface area contributed by atoms with Crippen molar-refractivity contribution >= 4 is 34.6 Å². The Bertz CT molecular complexity index is 611. The summed E-state index contributed by atoms with van der Waals surface area (Å²) in [6, 6.07) is 13.3. The van der Waals surface area contributed by atoms with Crippen LogP contribution in [0.2, 0.25) is 5.02 Å². The van der Waals surface area contributed by atoms with E-state index in [-0.39, 0.29) is 5.91 Å². The van der Waals surface area contributed by atoms with Crippen LogP contribution in [0, 0.1) is 6.92 Å². The van der Waals surface area contributed by atoms with E-state index in [0.29, 0.717) is 10.7 Å². The molecule has 0 radical (unpaired) electrons. The summed E-state index contributed by atoms with van der Waals surface area (Å²) in [7, 11) is 0. The van der Waals surface area contributed by atoms with Crippen molar-refractivity contribution in [2.24, 2.45) is 0 Å². The van der Waals surface area contributed by atoms with E-state index in [9.17, 15) is 4.79 Å². The summed E-state index contributed by atoms with van der Waals surface area (Å²) in [5, 5.41) is 6.65. The van der Waals surface area contributed by atoms with Crippen LogP contribution in [-0.4, -0.2) is 5.91 Å². The number of aryl methyl sites for hydroxylation is 1. The minimum Gasteiger partial charge on any atom is -0.354 e. The number of rotatable bonds is 3. The van der Waals surface area contributed by atoms with Crippen LogP contribution in [0.1, 0.15) is 12.5 Å². The molecular weight excluding hydrogens is 260 g/mol. The van der Waals surface area contributed by atoms with E-state index in [4.69, 9.17) is 11.6 Å². The fourth-order valence-corrected chi connectivity index (χ4v) is 1.95. The van der Waals surface area contributed by atoms with E-state index in [2.05, 4.69) is 10.6 Å². The molecule has 19 heavy (non-hydrogen) atoms. The van der Waals surface area contributed by atoms with Crippen molar-refractivity contribution in [2.75, 3.05) is 10.6 Å². The van der Waals surface area contributed by atoms with Gasteiger partial charge in [-0.25, -0.2) is 0 Å². The fourth-order valence-electron chi connectivity index (χ4n) is 1.78. The number of carbonyl (C=O) groups excluding carboxylic acids is 1. The molecule has 0 aliphatic carbocycles. The normalized spacial score (nSPS) is 10.1. The van der Waals surface area contributed by atoms with Crippen LogP contribution in [0.4, 0.5) is 17.1 Å². The second-order valence-corrected chi connectivity index (χ2v) is 4.75. The van der Waals surface area contributed by atoms with Crippen LogP contribution in [0.15, 0.2) is 42.5 Å². The summed E-state index contributed by atoms with van der Waals surface area (Å²) < 4.78 is 0. The molecule has 0 aromatic heterocycles. The molecule has 98 valence electrons. The van der Waals surface area contributed by atoms with Crippen molar-refractivity contribution in [1.29, 1.82) is 0 Å². The first-order chi connectivity index (χ1) is 9.06. The van der Waals surface area contributed by atoms with Crippen LogP contribution in [-0.2, 0) is 4.79 Å². The van der Waals surface area contributed by atoms with Gasteiger partial charge in [0.2, 0.25) is 5.91 Å². The quantitative estimate of drug-likeness (QED) is 0.874. The van der Waals surface area contributed by atoms with Gasteiger partial charge in [0, 0.05) is 17.6 Å². The minimum absolute atomic E-state index is 0.130. The van der Waals surface area contributed by atoms with Crippen molar-refractivity contribution in [3.8, 4) is 0 Å². The van der Waals surface area contributed by atoms with E-state index in [1.54, 1.807) is 12.1 Å². The highest BCUT2D eigenvalue weighted by Gasteiger charge is 2.06. The van der Waals surface area contributed by atoms with Gasteiger partial charge >= 0.3 is 0 Å². The zero-order chi connectivity index (χ0) is 13.8. The molecule has 0 saturated heterocycles. The van der Waals surface area contributed by atoms with Crippen LogP contribution in [0.5, 0.6) is 0 Å². The largest absolute Gasteiger partial charge is 0.354 e. The van der Waals surface area contributed by atoms with Crippen LogP contribution >= 0.6 is 11.6 Å². The van der Waals surface area contributed by atoms with Crippen molar-refractivity contribution in [2.45, 2.75) is 13.8 Å². The van der Waals surface area contributed by atoms with E-state index in [0.717, 1.165) is 16.9 Å². The Kier molecular flexibility index (Phi) is 4.07. The van der Waals surface area contributed by atoms with E-state index >= 15 is 0 Å². The third-order valence-corrected chi connectivity index (χ3v) is 2.94. The highest BCUT2D eigenvalue weighted by molar-refractivity contribution is 6.31. The molecule has 2 aromatic carbocycles. The molecular formula is C15H15ClN2O. The Labute approximate surface area is 117 Å². The average molecular weight is 275 g/mol. The molecule has 4 heteroatoms. The third kappa shape index (κ3) is 3.48. The first-order valence-electron chi connectivity index (χ1n) is 5.96. The molecule has 0 bridgehead atoms. The lowest BCUT2D eigenvalue weighted by Crippen LogP contribution is -2.08. The molecule has 2 N–H and O–H groups in total. The van der Waals surface area contributed by atoms with Crippen molar-refractivity contribution in [3.63, 3.8) is 0 Å². The number of nitrogens with one attached hydrogen (secondary N) is 2. The monoisotopic (exact) mass is 274 g/mol. The lowest BCUT2D eigenvalue weighted by molar-refractivity contribution is -0.114. The smallest absolute Gasteiger partial charge is 0.221 e. The second kappa shape index (κ2) is 5.76. The summed E-state index contributed by atoms with van der Waals surface area (Å²) in [4.78, 5) is 11.2. The maximum absolute atomic E-state index is 11.2. The Morgan fingerprint density at radius 3 is 2.47 bits per heavy atom. The molecule has 3 nitrogen and oxygen atoms in total. The summed E-state index contributed by atoms with van der Waals surface area (Å²) in [6.45, 7) is 3.49. The molecule has 2 rings (SSSR count). The standard InChI is InChI=1S/C15H15ClN2O/c1-10-5-3-4-6-13(10)18-14-8-7-12(16)9-15(14)17-11(2)19/h3-9,18H,1-2H3,(H,17,19). The number of hydrogen-bond acceptors (Lipinski definition) is 2. The molecule has 0 spiro atoms. The molecule has 0 unspecified atom stereocenters. The van der Waals surface area contributed by atoms with E-state index in [1.807, 2.05) is 37.3 Å². The third-order valence-electron chi connectivity index (χ3n) is 2.71. The summed E-state index contributed by atoms with van der Waals surface area (Å²) >= 11 is 5.96. The predicted molar refractivity (Wildman–Crippen MR) is 80.2 cm³/mol. The highest BCUT2D eigenvalue weighted by atomic mass is 35.5. The number of para-hydroxylation sites is 1. The molecule has 0 aliphatic rings. The number of amides is 1.